The number of piperidine rings is 1. The van der Waals surface area contributed by atoms with E-state index in [1.54, 1.807) is 0 Å². The van der Waals surface area contributed by atoms with E-state index in [0.29, 0.717) is 6.04 Å². The monoisotopic (exact) mass is 279 g/mol. The third kappa shape index (κ3) is 2.90. The maximum atomic E-state index is 6.23. The number of benzene rings is 1. The zero-order chi connectivity index (χ0) is 13.2. The molecule has 1 fully saturated rings. The van der Waals surface area contributed by atoms with Crippen molar-refractivity contribution < 1.29 is 4.74 Å². The second-order valence-electron chi connectivity index (χ2n) is 5.81. The molecule has 1 aromatic carbocycles. The lowest BCUT2D eigenvalue weighted by Crippen LogP contribution is -2.39. The van der Waals surface area contributed by atoms with Crippen molar-refractivity contribution >= 4 is 11.6 Å². The molecule has 3 rings (SSSR count). The average Bonchev–Trinajstić information content (AvgIpc) is 2.87. The molecule has 0 amide bonds. The summed E-state index contributed by atoms with van der Waals surface area (Å²) in [6, 6.07) is 4.71. The van der Waals surface area contributed by atoms with E-state index < -0.39 is 0 Å². The molecule has 0 aromatic heterocycles. The zero-order valence-corrected chi connectivity index (χ0v) is 12.3. The van der Waals surface area contributed by atoms with E-state index in [2.05, 4.69) is 24.4 Å². The van der Waals surface area contributed by atoms with Gasteiger partial charge in [-0.25, -0.2) is 0 Å². The molecular formula is C16H22ClNO. The Kier molecular flexibility index (Phi) is 3.99. The minimum Gasteiger partial charge on any atom is -0.493 e. The van der Waals surface area contributed by atoms with Crippen LogP contribution in [0.2, 0.25) is 5.02 Å². The van der Waals surface area contributed by atoms with Crippen molar-refractivity contribution in [2.45, 2.75) is 45.1 Å². The van der Waals surface area contributed by atoms with Gasteiger partial charge in [0.15, 0.2) is 0 Å². The minimum atomic E-state index is 0.575. The van der Waals surface area contributed by atoms with Gasteiger partial charge >= 0.3 is 0 Å². The van der Waals surface area contributed by atoms with E-state index >= 15 is 0 Å². The fraction of sp³-hybridized carbons (Fsp3) is 0.625. The molecule has 2 aliphatic rings. The topological polar surface area (TPSA) is 21.3 Å². The van der Waals surface area contributed by atoms with Crippen LogP contribution < -0.4 is 10.1 Å². The van der Waals surface area contributed by atoms with E-state index in [9.17, 15) is 0 Å². The Labute approximate surface area is 120 Å². The van der Waals surface area contributed by atoms with Crippen LogP contribution in [-0.2, 0) is 12.8 Å². The van der Waals surface area contributed by atoms with E-state index in [1.807, 2.05) is 0 Å². The predicted octanol–water partition coefficient (Wildman–Crippen LogP) is 3.60. The van der Waals surface area contributed by atoms with E-state index in [0.717, 1.165) is 42.7 Å². The molecule has 104 valence electrons. The molecule has 0 spiro atoms. The molecule has 1 N–H and O–H groups in total. The second kappa shape index (κ2) is 5.72. The fourth-order valence-corrected chi connectivity index (χ4v) is 3.65. The number of fused-ring (bicyclic) bond motifs is 1. The summed E-state index contributed by atoms with van der Waals surface area (Å²) in [5.74, 6) is 1.98. The van der Waals surface area contributed by atoms with Crippen molar-refractivity contribution in [3.05, 3.63) is 28.3 Å². The molecule has 0 saturated carbocycles. The van der Waals surface area contributed by atoms with Gasteiger partial charge in [-0.05, 0) is 55.0 Å². The van der Waals surface area contributed by atoms with Crippen molar-refractivity contribution in [1.29, 1.82) is 0 Å². The summed E-state index contributed by atoms with van der Waals surface area (Å²) in [6.07, 6.45) is 5.93. The first-order valence-corrected chi connectivity index (χ1v) is 7.81. The maximum absolute atomic E-state index is 6.23. The van der Waals surface area contributed by atoms with E-state index in [1.165, 1.54) is 30.4 Å². The summed E-state index contributed by atoms with van der Waals surface area (Å²) >= 11 is 6.23. The molecule has 0 aliphatic carbocycles. The molecule has 0 bridgehead atoms. The Bertz CT molecular complexity index is 460. The third-order valence-corrected chi connectivity index (χ3v) is 4.69. The van der Waals surface area contributed by atoms with Crippen LogP contribution in [0.25, 0.3) is 0 Å². The van der Waals surface area contributed by atoms with Gasteiger partial charge in [0.25, 0.3) is 0 Å². The standard InChI is InChI=1S/C16H22ClNO/c1-2-11-3-5-18-15(7-11)10-13-9-14(17)8-12-4-6-19-16(12)13/h8-9,11,15,18H,2-7,10H2,1H3. The van der Waals surface area contributed by atoms with Gasteiger partial charge in [-0.15, -0.1) is 0 Å². The van der Waals surface area contributed by atoms with Gasteiger partial charge in [-0.1, -0.05) is 24.9 Å². The maximum Gasteiger partial charge on any atom is 0.125 e. The summed E-state index contributed by atoms with van der Waals surface area (Å²) in [5.41, 5.74) is 2.57. The number of nitrogens with one attached hydrogen (secondary N) is 1. The number of ether oxygens (including phenoxy) is 1. The minimum absolute atomic E-state index is 0.575. The summed E-state index contributed by atoms with van der Waals surface area (Å²) in [4.78, 5) is 0. The van der Waals surface area contributed by atoms with Crippen LogP contribution in [0.4, 0.5) is 0 Å². The van der Waals surface area contributed by atoms with Crippen molar-refractivity contribution in [3.63, 3.8) is 0 Å². The van der Waals surface area contributed by atoms with Crippen LogP contribution in [0.3, 0.4) is 0 Å². The molecule has 1 saturated heterocycles. The highest BCUT2D eigenvalue weighted by Gasteiger charge is 2.24. The van der Waals surface area contributed by atoms with Crippen LogP contribution in [-0.4, -0.2) is 19.2 Å². The number of halogens is 1. The molecule has 2 nitrogen and oxygen atoms in total. The Morgan fingerprint density at radius 3 is 3.16 bits per heavy atom. The Morgan fingerprint density at radius 1 is 1.42 bits per heavy atom. The van der Waals surface area contributed by atoms with Gasteiger partial charge in [0.1, 0.15) is 5.75 Å². The fourth-order valence-electron chi connectivity index (χ4n) is 3.38. The SMILES string of the molecule is CCC1CCNC(Cc2cc(Cl)cc3c2OCC3)C1. The number of hydrogen-bond donors (Lipinski definition) is 1. The van der Waals surface area contributed by atoms with E-state index in [-0.39, 0.29) is 0 Å². The number of rotatable bonds is 3. The van der Waals surface area contributed by atoms with Crippen LogP contribution >= 0.6 is 11.6 Å². The van der Waals surface area contributed by atoms with Gasteiger partial charge in [0.05, 0.1) is 6.61 Å². The second-order valence-corrected chi connectivity index (χ2v) is 6.24. The lowest BCUT2D eigenvalue weighted by atomic mass is 9.87. The van der Waals surface area contributed by atoms with Gasteiger partial charge in [0.2, 0.25) is 0 Å². The van der Waals surface area contributed by atoms with Crippen LogP contribution in [0, 0.1) is 5.92 Å². The normalized spacial score (nSPS) is 26.0. The largest absolute Gasteiger partial charge is 0.493 e. The van der Waals surface area contributed by atoms with Gasteiger partial charge in [0, 0.05) is 17.5 Å². The molecule has 19 heavy (non-hydrogen) atoms. The smallest absolute Gasteiger partial charge is 0.125 e. The molecular weight excluding hydrogens is 258 g/mol. The summed E-state index contributed by atoms with van der Waals surface area (Å²) in [7, 11) is 0. The Balaban J connectivity index is 1.76. The van der Waals surface area contributed by atoms with Crippen molar-refractivity contribution in [2.75, 3.05) is 13.2 Å². The van der Waals surface area contributed by atoms with Gasteiger partial charge in [-0.3, -0.25) is 0 Å². The predicted molar refractivity (Wildman–Crippen MR) is 79.2 cm³/mol. The zero-order valence-electron chi connectivity index (χ0n) is 11.5. The third-order valence-electron chi connectivity index (χ3n) is 4.47. The Hall–Kier alpha value is -0.730. The quantitative estimate of drug-likeness (QED) is 0.913. The first-order valence-electron chi connectivity index (χ1n) is 7.43. The van der Waals surface area contributed by atoms with Crippen molar-refractivity contribution in [3.8, 4) is 5.75 Å². The number of hydrogen-bond acceptors (Lipinski definition) is 2. The molecule has 0 radical (unpaired) electrons. The lowest BCUT2D eigenvalue weighted by molar-refractivity contribution is 0.290. The summed E-state index contributed by atoms with van der Waals surface area (Å²) in [5, 5.41) is 4.49. The first kappa shape index (κ1) is 13.3. The highest BCUT2D eigenvalue weighted by Crippen LogP contribution is 2.34. The molecule has 2 heterocycles. The molecule has 1 aromatic rings. The lowest BCUT2D eigenvalue weighted by Gasteiger charge is -2.30. The van der Waals surface area contributed by atoms with Crippen molar-refractivity contribution in [2.24, 2.45) is 5.92 Å². The van der Waals surface area contributed by atoms with Crippen LogP contribution in [0.5, 0.6) is 5.75 Å². The molecule has 2 unspecified atom stereocenters. The average molecular weight is 280 g/mol. The molecule has 2 atom stereocenters. The summed E-state index contributed by atoms with van der Waals surface area (Å²) in [6.45, 7) is 4.25. The van der Waals surface area contributed by atoms with Crippen LogP contribution in [0.1, 0.15) is 37.3 Å². The Morgan fingerprint density at radius 2 is 2.32 bits per heavy atom. The van der Waals surface area contributed by atoms with Crippen LogP contribution in [0.15, 0.2) is 12.1 Å². The van der Waals surface area contributed by atoms with Gasteiger partial charge < -0.3 is 10.1 Å². The van der Waals surface area contributed by atoms with Crippen molar-refractivity contribution in [1.82, 2.24) is 5.32 Å². The first-order chi connectivity index (χ1) is 9.26. The highest BCUT2D eigenvalue weighted by atomic mass is 35.5. The van der Waals surface area contributed by atoms with E-state index in [4.69, 9.17) is 16.3 Å². The highest BCUT2D eigenvalue weighted by molar-refractivity contribution is 6.30. The molecule has 3 heteroatoms. The van der Waals surface area contributed by atoms with Gasteiger partial charge in [-0.2, -0.15) is 0 Å². The summed E-state index contributed by atoms with van der Waals surface area (Å²) < 4.78 is 5.79. The molecule has 2 aliphatic heterocycles.